The molecule has 1 aromatic heterocycles. The largest absolute Gasteiger partial charge is 0.346 e. The summed E-state index contributed by atoms with van der Waals surface area (Å²) in [5.74, 6) is 0. The van der Waals surface area contributed by atoms with Crippen LogP contribution in [0.15, 0.2) is 6.20 Å². The SMILES string of the molecule is NCc1cnc(N2CCC(N3CCCCC3)C2)s1. The highest BCUT2D eigenvalue weighted by molar-refractivity contribution is 7.15. The average Bonchev–Trinajstić information content (AvgIpc) is 3.08. The number of likely N-dealkylation sites (tertiary alicyclic amines) is 1. The molecule has 1 unspecified atom stereocenters. The lowest BCUT2D eigenvalue weighted by atomic mass is 10.1. The summed E-state index contributed by atoms with van der Waals surface area (Å²) in [7, 11) is 0. The van der Waals surface area contributed by atoms with Crippen LogP contribution in [0.1, 0.15) is 30.6 Å². The van der Waals surface area contributed by atoms with Crippen molar-refractivity contribution in [2.75, 3.05) is 31.1 Å². The Balaban J connectivity index is 1.60. The number of rotatable bonds is 3. The first-order valence-electron chi connectivity index (χ1n) is 7.00. The summed E-state index contributed by atoms with van der Waals surface area (Å²) in [5.41, 5.74) is 5.65. The van der Waals surface area contributed by atoms with Crippen molar-refractivity contribution in [3.05, 3.63) is 11.1 Å². The molecule has 1 aromatic rings. The van der Waals surface area contributed by atoms with Crippen LogP contribution in [-0.2, 0) is 6.54 Å². The first-order valence-corrected chi connectivity index (χ1v) is 7.82. The van der Waals surface area contributed by atoms with Crippen LogP contribution in [0.3, 0.4) is 0 Å². The molecule has 2 fully saturated rings. The number of hydrogen-bond acceptors (Lipinski definition) is 5. The molecule has 2 aliphatic heterocycles. The fraction of sp³-hybridized carbons (Fsp3) is 0.769. The zero-order chi connectivity index (χ0) is 12.4. The summed E-state index contributed by atoms with van der Waals surface area (Å²) < 4.78 is 0. The van der Waals surface area contributed by atoms with Crippen LogP contribution < -0.4 is 10.6 Å². The van der Waals surface area contributed by atoms with Crippen molar-refractivity contribution in [2.24, 2.45) is 5.73 Å². The first kappa shape index (κ1) is 12.4. The number of piperidine rings is 1. The third kappa shape index (κ3) is 2.53. The molecule has 0 radical (unpaired) electrons. The average molecular weight is 266 g/mol. The minimum Gasteiger partial charge on any atom is -0.346 e. The van der Waals surface area contributed by atoms with Gasteiger partial charge in [0.15, 0.2) is 5.13 Å². The van der Waals surface area contributed by atoms with Gasteiger partial charge in [0.2, 0.25) is 0 Å². The van der Waals surface area contributed by atoms with Gasteiger partial charge in [0.05, 0.1) is 0 Å². The lowest BCUT2D eigenvalue weighted by Gasteiger charge is -2.32. The van der Waals surface area contributed by atoms with E-state index in [2.05, 4.69) is 14.8 Å². The Kier molecular flexibility index (Phi) is 3.82. The topological polar surface area (TPSA) is 45.4 Å². The highest BCUT2D eigenvalue weighted by atomic mass is 32.1. The number of nitrogens with zero attached hydrogens (tertiary/aromatic N) is 3. The maximum Gasteiger partial charge on any atom is 0.185 e. The fourth-order valence-corrected chi connectivity index (χ4v) is 3.86. The molecule has 0 spiro atoms. The van der Waals surface area contributed by atoms with Crippen molar-refractivity contribution >= 4 is 16.5 Å². The summed E-state index contributed by atoms with van der Waals surface area (Å²) in [5, 5.41) is 1.16. The smallest absolute Gasteiger partial charge is 0.185 e. The minimum atomic E-state index is 0.612. The summed E-state index contributed by atoms with van der Waals surface area (Å²) in [6.07, 6.45) is 7.39. The Morgan fingerprint density at radius 3 is 2.83 bits per heavy atom. The Hall–Kier alpha value is -0.650. The summed E-state index contributed by atoms with van der Waals surface area (Å²) in [6.45, 7) is 5.51. The van der Waals surface area contributed by atoms with E-state index >= 15 is 0 Å². The molecule has 2 aliphatic rings. The van der Waals surface area contributed by atoms with Gasteiger partial charge in [-0.3, -0.25) is 4.90 Å². The highest BCUT2D eigenvalue weighted by Gasteiger charge is 2.29. The molecule has 3 rings (SSSR count). The zero-order valence-electron chi connectivity index (χ0n) is 10.8. The maximum atomic E-state index is 5.65. The molecule has 18 heavy (non-hydrogen) atoms. The number of anilines is 1. The van der Waals surface area contributed by atoms with Crippen LogP contribution in [-0.4, -0.2) is 42.1 Å². The molecule has 0 aromatic carbocycles. The van der Waals surface area contributed by atoms with E-state index in [-0.39, 0.29) is 0 Å². The molecular weight excluding hydrogens is 244 g/mol. The highest BCUT2D eigenvalue weighted by Crippen LogP contribution is 2.28. The minimum absolute atomic E-state index is 0.612. The number of hydrogen-bond donors (Lipinski definition) is 1. The van der Waals surface area contributed by atoms with E-state index in [1.807, 2.05) is 6.20 Å². The molecule has 0 amide bonds. The lowest BCUT2D eigenvalue weighted by molar-refractivity contribution is 0.175. The summed E-state index contributed by atoms with van der Waals surface area (Å²) in [4.78, 5) is 10.8. The Morgan fingerprint density at radius 1 is 1.28 bits per heavy atom. The Morgan fingerprint density at radius 2 is 2.11 bits per heavy atom. The van der Waals surface area contributed by atoms with Gasteiger partial charge >= 0.3 is 0 Å². The van der Waals surface area contributed by atoms with Gasteiger partial charge in [-0.1, -0.05) is 6.42 Å². The normalized spacial score (nSPS) is 25.8. The first-order chi connectivity index (χ1) is 8.86. The van der Waals surface area contributed by atoms with Crippen molar-refractivity contribution in [3.8, 4) is 0 Å². The molecule has 2 saturated heterocycles. The standard InChI is InChI=1S/C13H22N4S/c14-8-12-9-15-13(18-12)17-7-4-11(10-17)16-5-2-1-3-6-16/h9,11H,1-8,10,14H2. The monoisotopic (exact) mass is 266 g/mol. The Labute approximate surface area is 113 Å². The number of thiazole rings is 1. The van der Waals surface area contributed by atoms with E-state index in [0.29, 0.717) is 6.54 Å². The second-order valence-corrected chi connectivity index (χ2v) is 6.39. The van der Waals surface area contributed by atoms with Gasteiger partial charge in [-0.05, 0) is 32.4 Å². The summed E-state index contributed by atoms with van der Waals surface area (Å²) >= 11 is 1.75. The van der Waals surface area contributed by atoms with Crippen molar-refractivity contribution in [1.29, 1.82) is 0 Å². The molecule has 100 valence electrons. The number of aromatic nitrogens is 1. The van der Waals surface area contributed by atoms with Gasteiger partial charge in [0, 0.05) is 36.8 Å². The van der Waals surface area contributed by atoms with Gasteiger partial charge in [-0.25, -0.2) is 4.98 Å². The molecular formula is C13H22N4S. The van der Waals surface area contributed by atoms with Gasteiger partial charge < -0.3 is 10.6 Å². The summed E-state index contributed by atoms with van der Waals surface area (Å²) in [6, 6.07) is 0.746. The molecule has 2 N–H and O–H groups in total. The Bertz CT molecular complexity index is 386. The van der Waals surface area contributed by atoms with Crippen molar-refractivity contribution in [2.45, 2.75) is 38.3 Å². The second kappa shape index (κ2) is 5.55. The van der Waals surface area contributed by atoms with Gasteiger partial charge in [-0.2, -0.15) is 0 Å². The van der Waals surface area contributed by atoms with Gasteiger partial charge in [0.1, 0.15) is 0 Å². The van der Waals surface area contributed by atoms with E-state index in [1.54, 1.807) is 11.3 Å². The van der Waals surface area contributed by atoms with Crippen LogP contribution in [0.5, 0.6) is 0 Å². The molecule has 1 atom stereocenters. The molecule has 0 bridgehead atoms. The number of nitrogens with two attached hydrogens (primary N) is 1. The molecule has 0 saturated carbocycles. The van der Waals surface area contributed by atoms with Crippen LogP contribution in [0.4, 0.5) is 5.13 Å². The van der Waals surface area contributed by atoms with Gasteiger partial charge in [0.25, 0.3) is 0 Å². The van der Waals surface area contributed by atoms with E-state index in [1.165, 1.54) is 43.6 Å². The zero-order valence-corrected chi connectivity index (χ0v) is 11.7. The quantitative estimate of drug-likeness (QED) is 0.904. The molecule has 3 heterocycles. The predicted molar refractivity (Wildman–Crippen MR) is 76.0 cm³/mol. The van der Waals surface area contributed by atoms with E-state index in [9.17, 15) is 0 Å². The van der Waals surface area contributed by atoms with E-state index in [4.69, 9.17) is 5.73 Å². The van der Waals surface area contributed by atoms with Crippen LogP contribution in [0.25, 0.3) is 0 Å². The molecule has 0 aliphatic carbocycles. The lowest BCUT2D eigenvalue weighted by Crippen LogP contribution is -2.40. The van der Waals surface area contributed by atoms with E-state index in [0.717, 1.165) is 24.3 Å². The predicted octanol–water partition coefficient (Wildman–Crippen LogP) is 1.67. The van der Waals surface area contributed by atoms with Gasteiger partial charge in [-0.15, -0.1) is 11.3 Å². The third-order valence-electron chi connectivity index (χ3n) is 4.08. The maximum absolute atomic E-state index is 5.65. The van der Waals surface area contributed by atoms with Crippen LogP contribution in [0.2, 0.25) is 0 Å². The van der Waals surface area contributed by atoms with Crippen LogP contribution in [0, 0.1) is 0 Å². The molecule has 5 heteroatoms. The van der Waals surface area contributed by atoms with Crippen molar-refractivity contribution in [3.63, 3.8) is 0 Å². The second-order valence-electron chi connectivity index (χ2n) is 5.30. The van der Waals surface area contributed by atoms with E-state index < -0.39 is 0 Å². The fourth-order valence-electron chi connectivity index (χ4n) is 3.03. The van der Waals surface area contributed by atoms with Crippen molar-refractivity contribution < 1.29 is 0 Å². The van der Waals surface area contributed by atoms with Crippen LogP contribution >= 0.6 is 11.3 Å². The third-order valence-corrected chi connectivity index (χ3v) is 5.16. The van der Waals surface area contributed by atoms with Crippen molar-refractivity contribution in [1.82, 2.24) is 9.88 Å². The molecule has 4 nitrogen and oxygen atoms in total.